The van der Waals surface area contributed by atoms with E-state index >= 15 is 0 Å². The first-order chi connectivity index (χ1) is 11.7. The molecule has 3 nitrogen and oxygen atoms in total. The molecule has 3 heterocycles. The Balaban J connectivity index is 2.03. The number of hydrogen-bond donors (Lipinski definition) is 0. The van der Waals surface area contributed by atoms with Gasteiger partial charge in [-0.2, -0.15) is 0 Å². The average molecular weight is 380 g/mol. The first-order valence-electron chi connectivity index (χ1n) is 7.34. The standard InChI is InChI=1S/C19H11BrFN3/c20-13-8-12(10-22-11-13)16-9-18(15-4-1-2-6-17(15)21)24-19-14(16)5-3-7-23-19/h1-11H. The summed E-state index contributed by atoms with van der Waals surface area (Å²) in [5.74, 6) is -0.307. The maximum atomic E-state index is 14.2. The van der Waals surface area contributed by atoms with Crippen molar-refractivity contribution >= 4 is 27.0 Å². The minimum Gasteiger partial charge on any atom is -0.263 e. The molecule has 5 heteroatoms. The van der Waals surface area contributed by atoms with Crippen LogP contribution in [0.25, 0.3) is 33.4 Å². The topological polar surface area (TPSA) is 38.7 Å². The third-order valence-corrected chi connectivity index (χ3v) is 4.18. The van der Waals surface area contributed by atoms with Crippen LogP contribution in [0.2, 0.25) is 0 Å². The predicted octanol–water partition coefficient (Wildman–Crippen LogP) is 5.26. The Labute approximate surface area is 146 Å². The lowest BCUT2D eigenvalue weighted by Crippen LogP contribution is -1.93. The molecule has 0 aliphatic carbocycles. The van der Waals surface area contributed by atoms with E-state index in [-0.39, 0.29) is 5.82 Å². The van der Waals surface area contributed by atoms with Crippen LogP contribution in [0.15, 0.2) is 71.6 Å². The monoisotopic (exact) mass is 379 g/mol. The summed E-state index contributed by atoms with van der Waals surface area (Å²) in [7, 11) is 0. The molecule has 0 saturated heterocycles. The van der Waals surface area contributed by atoms with E-state index in [1.165, 1.54) is 6.07 Å². The largest absolute Gasteiger partial charge is 0.263 e. The molecule has 0 atom stereocenters. The molecule has 0 fully saturated rings. The van der Waals surface area contributed by atoms with Crippen LogP contribution in [-0.2, 0) is 0 Å². The summed E-state index contributed by atoms with van der Waals surface area (Å²) in [6.07, 6.45) is 5.18. The zero-order chi connectivity index (χ0) is 16.5. The number of fused-ring (bicyclic) bond motifs is 1. The second-order valence-electron chi connectivity index (χ2n) is 5.30. The molecule has 116 valence electrons. The molecule has 0 amide bonds. The first kappa shape index (κ1) is 14.9. The molecule has 1 aromatic carbocycles. The van der Waals surface area contributed by atoms with Gasteiger partial charge in [-0.1, -0.05) is 12.1 Å². The van der Waals surface area contributed by atoms with Crippen molar-refractivity contribution in [3.8, 4) is 22.4 Å². The molecule has 3 aromatic heterocycles. The van der Waals surface area contributed by atoms with Crippen LogP contribution in [0.5, 0.6) is 0 Å². The third kappa shape index (κ3) is 2.67. The normalized spacial score (nSPS) is 10.9. The highest BCUT2D eigenvalue weighted by atomic mass is 79.9. The number of aromatic nitrogens is 3. The minimum absolute atomic E-state index is 0.307. The fraction of sp³-hybridized carbons (Fsp3) is 0. The van der Waals surface area contributed by atoms with Crippen LogP contribution in [0.3, 0.4) is 0 Å². The van der Waals surface area contributed by atoms with Gasteiger partial charge < -0.3 is 0 Å². The Bertz CT molecular complexity index is 1050. The van der Waals surface area contributed by atoms with Gasteiger partial charge >= 0.3 is 0 Å². The predicted molar refractivity (Wildman–Crippen MR) is 95.9 cm³/mol. The van der Waals surface area contributed by atoms with E-state index in [4.69, 9.17) is 0 Å². The van der Waals surface area contributed by atoms with Gasteiger partial charge in [-0.15, -0.1) is 0 Å². The Morgan fingerprint density at radius 2 is 1.79 bits per heavy atom. The fourth-order valence-corrected chi connectivity index (χ4v) is 3.03. The lowest BCUT2D eigenvalue weighted by atomic mass is 10.0. The first-order valence-corrected chi connectivity index (χ1v) is 8.13. The molecule has 0 bridgehead atoms. The number of hydrogen-bond acceptors (Lipinski definition) is 3. The number of nitrogens with zero attached hydrogens (tertiary/aromatic N) is 3. The van der Waals surface area contributed by atoms with E-state index in [9.17, 15) is 4.39 Å². The number of halogens is 2. The Kier molecular flexibility index (Phi) is 3.78. The molecule has 0 unspecified atom stereocenters. The van der Waals surface area contributed by atoms with E-state index in [0.717, 1.165) is 21.0 Å². The van der Waals surface area contributed by atoms with Gasteiger partial charge in [-0.05, 0) is 57.9 Å². The summed E-state index contributed by atoms with van der Waals surface area (Å²) < 4.78 is 15.1. The molecular weight excluding hydrogens is 369 g/mol. The van der Waals surface area contributed by atoms with E-state index in [2.05, 4.69) is 30.9 Å². The molecule has 0 aliphatic rings. The van der Waals surface area contributed by atoms with Crippen molar-refractivity contribution in [1.82, 2.24) is 15.0 Å². The second-order valence-corrected chi connectivity index (χ2v) is 6.22. The van der Waals surface area contributed by atoms with Gasteiger partial charge in [0.25, 0.3) is 0 Å². The summed E-state index contributed by atoms with van der Waals surface area (Å²) in [4.78, 5) is 13.1. The number of rotatable bonds is 2. The molecule has 4 rings (SSSR count). The Hall–Kier alpha value is -2.66. The highest BCUT2D eigenvalue weighted by Gasteiger charge is 2.13. The maximum Gasteiger partial charge on any atom is 0.160 e. The lowest BCUT2D eigenvalue weighted by Gasteiger charge is -2.10. The van der Waals surface area contributed by atoms with Gasteiger partial charge in [0.05, 0.1) is 5.69 Å². The highest BCUT2D eigenvalue weighted by Crippen LogP contribution is 2.32. The van der Waals surface area contributed by atoms with Crippen molar-refractivity contribution in [3.63, 3.8) is 0 Å². The van der Waals surface area contributed by atoms with E-state index < -0.39 is 0 Å². The van der Waals surface area contributed by atoms with Crippen molar-refractivity contribution in [2.45, 2.75) is 0 Å². The van der Waals surface area contributed by atoms with Crippen molar-refractivity contribution in [2.75, 3.05) is 0 Å². The van der Waals surface area contributed by atoms with Gasteiger partial charge in [0.1, 0.15) is 5.82 Å². The Morgan fingerprint density at radius 1 is 0.917 bits per heavy atom. The summed E-state index contributed by atoms with van der Waals surface area (Å²) in [5, 5.41) is 0.900. The fourth-order valence-electron chi connectivity index (χ4n) is 2.66. The average Bonchev–Trinajstić information content (AvgIpc) is 2.61. The number of benzene rings is 1. The van der Waals surface area contributed by atoms with E-state index in [1.54, 1.807) is 36.8 Å². The maximum absolute atomic E-state index is 14.2. The van der Waals surface area contributed by atoms with Crippen LogP contribution in [0, 0.1) is 5.82 Å². The van der Waals surface area contributed by atoms with Crippen LogP contribution in [0.4, 0.5) is 4.39 Å². The second kappa shape index (κ2) is 6.09. The van der Waals surface area contributed by atoms with Gasteiger partial charge in [-0.25, -0.2) is 14.4 Å². The summed E-state index contributed by atoms with van der Waals surface area (Å²) in [6.45, 7) is 0. The molecular formula is C19H11BrFN3. The Morgan fingerprint density at radius 3 is 2.62 bits per heavy atom. The van der Waals surface area contributed by atoms with E-state index in [0.29, 0.717) is 16.9 Å². The molecule has 0 radical (unpaired) electrons. The molecule has 0 spiro atoms. The van der Waals surface area contributed by atoms with Gasteiger partial charge in [-0.3, -0.25) is 4.98 Å². The van der Waals surface area contributed by atoms with Crippen molar-refractivity contribution in [3.05, 3.63) is 77.4 Å². The smallest absolute Gasteiger partial charge is 0.160 e. The molecule has 0 N–H and O–H groups in total. The summed E-state index contributed by atoms with van der Waals surface area (Å²) >= 11 is 3.44. The molecule has 24 heavy (non-hydrogen) atoms. The molecule has 0 saturated carbocycles. The summed E-state index contributed by atoms with van der Waals surface area (Å²) in [5.41, 5.74) is 3.42. The van der Waals surface area contributed by atoms with Crippen LogP contribution in [0.1, 0.15) is 0 Å². The van der Waals surface area contributed by atoms with Crippen LogP contribution < -0.4 is 0 Å². The van der Waals surface area contributed by atoms with Crippen LogP contribution >= 0.6 is 15.9 Å². The zero-order valence-electron chi connectivity index (χ0n) is 12.4. The van der Waals surface area contributed by atoms with E-state index in [1.807, 2.05) is 24.3 Å². The SMILES string of the molecule is Fc1ccccc1-c1cc(-c2cncc(Br)c2)c2cccnc2n1. The lowest BCUT2D eigenvalue weighted by molar-refractivity contribution is 0.631. The van der Waals surface area contributed by atoms with Crippen LogP contribution in [-0.4, -0.2) is 15.0 Å². The van der Waals surface area contributed by atoms with Crippen molar-refractivity contribution < 1.29 is 4.39 Å². The quantitative estimate of drug-likeness (QED) is 0.476. The van der Waals surface area contributed by atoms with Crippen molar-refractivity contribution in [2.24, 2.45) is 0 Å². The van der Waals surface area contributed by atoms with Gasteiger partial charge in [0, 0.05) is 39.6 Å². The molecule has 4 aromatic rings. The summed E-state index contributed by atoms with van der Waals surface area (Å²) in [6, 6.07) is 14.3. The van der Waals surface area contributed by atoms with Gasteiger partial charge in [0.15, 0.2) is 5.65 Å². The zero-order valence-corrected chi connectivity index (χ0v) is 14.0. The van der Waals surface area contributed by atoms with Gasteiger partial charge in [0.2, 0.25) is 0 Å². The highest BCUT2D eigenvalue weighted by molar-refractivity contribution is 9.10. The third-order valence-electron chi connectivity index (χ3n) is 3.75. The minimum atomic E-state index is -0.307. The number of pyridine rings is 3. The molecule has 0 aliphatic heterocycles. The van der Waals surface area contributed by atoms with Crippen molar-refractivity contribution in [1.29, 1.82) is 0 Å².